The Morgan fingerprint density at radius 1 is 1.11 bits per heavy atom. The quantitative estimate of drug-likeness (QED) is 0.885. The van der Waals surface area contributed by atoms with Crippen molar-refractivity contribution in [2.45, 2.75) is 32.2 Å². The van der Waals surface area contributed by atoms with Crippen molar-refractivity contribution in [3.63, 3.8) is 0 Å². The summed E-state index contributed by atoms with van der Waals surface area (Å²) in [7, 11) is 2.01. The Kier molecular flexibility index (Phi) is 4.77. The van der Waals surface area contributed by atoms with Crippen LogP contribution in [0, 0.1) is 5.41 Å². The molecule has 28 heavy (non-hydrogen) atoms. The van der Waals surface area contributed by atoms with Gasteiger partial charge in [-0.15, -0.1) is 0 Å². The van der Waals surface area contributed by atoms with Crippen molar-refractivity contribution in [3.05, 3.63) is 30.0 Å². The van der Waals surface area contributed by atoms with Gasteiger partial charge in [-0.25, -0.2) is 0 Å². The molecule has 2 fully saturated rings. The van der Waals surface area contributed by atoms with Crippen LogP contribution in [0.2, 0.25) is 0 Å². The van der Waals surface area contributed by atoms with Crippen molar-refractivity contribution in [1.29, 1.82) is 0 Å². The molecule has 6 heteroatoms. The third-order valence-electron chi connectivity index (χ3n) is 6.50. The Bertz CT molecular complexity index is 841. The van der Waals surface area contributed by atoms with Crippen LogP contribution in [0.5, 0.6) is 11.5 Å². The summed E-state index contributed by atoms with van der Waals surface area (Å²) in [5.74, 6) is 1.67. The van der Waals surface area contributed by atoms with Crippen LogP contribution in [-0.2, 0) is 13.6 Å². The van der Waals surface area contributed by atoms with Crippen LogP contribution in [0.1, 0.15) is 31.2 Å². The Hall–Kier alpha value is -2.05. The number of aryl methyl sites for hydroxylation is 1. The van der Waals surface area contributed by atoms with Crippen molar-refractivity contribution in [2.75, 3.05) is 39.4 Å². The molecule has 1 aromatic carbocycles. The minimum Gasteiger partial charge on any atom is -0.490 e. The number of aromatic nitrogens is 2. The van der Waals surface area contributed by atoms with Crippen molar-refractivity contribution in [2.24, 2.45) is 12.5 Å². The van der Waals surface area contributed by atoms with Crippen LogP contribution in [-0.4, -0.2) is 54.1 Å². The zero-order valence-electron chi connectivity index (χ0n) is 16.7. The smallest absolute Gasteiger partial charge is 0.161 e. The molecular weight excluding hydrogens is 352 g/mol. The van der Waals surface area contributed by atoms with Gasteiger partial charge in [0.15, 0.2) is 11.5 Å². The van der Waals surface area contributed by atoms with E-state index in [0.717, 1.165) is 35.7 Å². The van der Waals surface area contributed by atoms with E-state index in [-0.39, 0.29) is 0 Å². The molecule has 1 aromatic heterocycles. The summed E-state index contributed by atoms with van der Waals surface area (Å²) < 4.78 is 13.6. The summed E-state index contributed by atoms with van der Waals surface area (Å²) in [6, 6.07) is 6.22. The molecule has 4 heterocycles. The third kappa shape index (κ3) is 3.51. The van der Waals surface area contributed by atoms with Crippen LogP contribution >= 0.6 is 0 Å². The van der Waals surface area contributed by atoms with E-state index in [0.29, 0.717) is 18.6 Å². The average molecular weight is 383 g/mol. The van der Waals surface area contributed by atoms with Gasteiger partial charge in [0.1, 0.15) is 0 Å². The number of rotatable bonds is 3. The Morgan fingerprint density at radius 3 is 2.79 bits per heavy atom. The van der Waals surface area contributed by atoms with Crippen molar-refractivity contribution >= 4 is 0 Å². The molecule has 5 rings (SSSR count). The average Bonchev–Trinajstić information content (AvgIpc) is 3.16. The summed E-state index contributed by atoms with van der Waals surface area (Å²) in [6.07, 6.45) is 7.04. The van der Waals surface area contributed by atoms with Gasteiger partial charge in [0.25, 0.3) is 0 Å². The third-order valence-corrected chi connectivity index (χ3v) is 6.50. The summed E-state index contributed by atoms with van der Waals surface area (Å²) >= 11 is 0. The van der Waals surface area contributed by atoms with Crippen LogP contribution < -0.4 is 14.8 Å². The summed E-state index contributed by atoms with van der Waals surface area (Å²) in [5, 5.41) is 8.29. The molecule has 0 atom stereocenters. The fourth-order valence-corrected chi connectivity index (χ4v) is 4.98. The zero-order chi connectivity index (χ0) is 19.0. The van der Waals surface area contributed by atoms with Crippen LogP contribution in [0.3, 0.4) is 0 Å². The largest absolute Gasteiger partial charge is 0.490 e. The van der Waals surface area contributed by atoms with E-state index in [1.807, 2.05) is 17.8 Å². The van der Waals surface area contributed by atoms with E-state index in [1.165, 1.54) is 51.0 Å². The number of nitrogens with zero attached hydrogens (tertiary/aromatic N) is 3. The standard InChI is InChI=1S/C22H30N4O2/c1-25-14-18(15-26-10-7-22(16-26)5-8-23-9-6-22)21(24-25)17-3-4-19-20(13-17)28-12-2-11-27-19/h3-4,13-14,23H,2,5-12,15-16H2,1H3. The fourth-order valence-electron chi connectivity index (χ4n) is 4.98. The number of hydrogen-bond acceptors (Lipinski definition) is 5. The minimum atomic E-state index is 0.531. The SMILES string of the molecule is Cn1cc(CN2CCC3(CCNCC3)C2)c(-c2ccc3c(c2)OCCCO3)n1. The molecule has 2 aromatic rings. The molecule has 0 radical (unpaired) electrons. The van der Waals surface area contributed by atoms with E-state index < -0.39 is 0 Å². The second-order valence-corrected chi connectivity index (χ2v) is 8.60. The van der Waals surface area contributed by atoms with Crippen molar-refractivity contribution in [1.82, 2.24) is 20.0 Å². The molecule has 0 amide bonds. The van der Waals surface area contributed by atoms with E-state index in [2.05, 4.69) is 28.5 Å². The van der Waals surface area contributed by atoms with Gasteiger partial charge in [-0.2, -0.15) is 5.10 Å². The van der Waals surface area contributed by atoms with Crippen molar-refractivity contribution in [3.8, 4) is 22.8 Å². The molecular formula is C22H30N4O2. The van der Waals surface area contributed by atoms with Crippen molar-refractivity contribution < 1.29 is 9.47 Å². The molecule has 0 unspecified atom stereocenters. The van der Waals surface area contributed by atoms with Gasteiger partial charge in [-0.05, 0) is 62.5 Å². The fraction of sp³-hybridized carbons (Fsp3) is 0.591. The highest BCUT2D eigenvalue weighted by molar-refractivity contribution is 5.66. The number of fused-ring (bicyclic) bond motifs is 1. The lowest BCUT2D eigenvalue weighted by Gasteiger charge is -2.33. The predicted molar refractivity (Wildman–Crippen MR) is 109 cm³/mol. The van der Waals surface area contributed by atoms with Gasteiger partial charge < -0.3 is 14.8 Å². The molecule has 3 aliphatic heterocycles. The van der Waals surface area contributed by atoms with Crippen LogP contribution in [0.25, 0.3) is 11.3 Å². The maximum Gasteiger partial charge on any atom is 0.161 e. The number of benzene rings is 1. The highest BCUT2D eigenvalue weighted by atomic mass is 16.5. The van der Waals surface area contributed by atoms with Gasteiger partial charge >= 0.3 is 0 Å². The maximum atomic E-state index is 5.89. The lowest BCUT2D eigenvalue weighted by atomic mass is 9.78. The predicted octanol–water partition coefficient (Wildman–Crippen LogP) is 2.82. The lowest BCUT2D eigenvalue weighted by Crippen LogP contribution is -2.38. The second kappa shape index (κ2) is 7.41. The normalized spacial score (nSPS) is 21.8. The van der Waals surface area contributed by atoms with Gasteiger partial charge in [0, 0.05) is 43.9 Å². The zero-order valence-corrected chi connectivity index (χ0v) is 16.7. The van der Waals surface area contributed by atoms with Crippen LogP contribution in [0.15, 0.2) is 24.4 Å². The number of hydrogen-bond donors (Lipinski definition) is 1. The molecule has 0 aliphatic carbocycles. The molecule has 1 spiro atoms. The monoisotopic (exact) mass is 382 g/mol. The first-order chi connectivity index (χ1) is 13.7. The number of nitrogens with one attached hydrogen (secondary N) is 1. The first-order valence-electron chi connectivity index (χ1n) is 10.6. The van der Waals surface area contributed by atoms with Crippen LogP contribution in [0.4, 0.5) is 0 Å². The lowest BCUT2D eigenvalue weighted by molar-refractivity contribution is 0.194. The number of likely N-dealkylation sites (tertiary alicyclic amines) is 1. The topological polar surface area (TPSA) is 51.5 Å². The van der Waals surface area contributed by atoms with Gasteiger partial charge in [0.2, 0.25) is 0 Å². The highest BCUT2D eigenvalue weighted by Crippen LogP contribution is 2.40. The Morgan fingerprint density at radius 2 is 1.93 bits per heavy atom. The first-order valence-corrected chi connectivity index (χ1v) is 10.6. The summed E-state index contributed by atoms with van der Waals surface area (Å²) in [4.78, 5) is 2.62. The molecule has 150 valence electrons. The van der Waals surface area contributed by atoms with Gasteiger partial charge in [-0.3, -0.25) is 9.58 Å². The maximum absolute atomic E-state index is 5.89. The highest BCUT2D eigenvalue weighted by Gasteiger charge is 2.38. The van der Waals surface area contributed by atoms with E-state index >= 15 is 0 Å². The minimum absolute atomic E-state index is 0.531. The van der Waals surface area contributed by atoms with E-state index in [1.54, 1.807) is 0 Å². The molecule has 0 bridgehead atoms. The van der Waals surface area contributed by atoms with Gasteiger partial charge in [-0.1, -0.05) is 0 Å². The first kappa shape index (κ1) is 18.0. The van der Waals surface area contributed by atoms with E-state index in [9.17, 15) is 0 Å². The van der Waals surface area contributed by atoms with Gasteiger partial charge in [0.05, 0.1) is 18.9 Å². The summed E-state index contributed by atoms with van der Waals surface area (Å²) in [6.45, 7) is 7.13. The number of ether oxygens (including phenoxy) is 2. The summed E-state index contributed by atoms with van der Waals surface area (Å²) in [5.41, 5.74) is 3.99. The molecule has 3 aliphatic rings. The van der Waals surface area contributed by atoms with E-state index in [4.69, 9.17) is 14.6 Å². The number of piperidine rings is 1. The Labute approximate surface area is 166 Å². The molecule has 6 nitrogen and oxygen atoms in total. The molecule has 2 saturated heterocycles. The Balaban J connectivity index is 1.37. The second-order valence-electron chi connectivity index (χ2n) is 8.60. The molecule has 1 N–H and O–H groups in total. The molecule has 0 saturated carbocycles.